The van der Waals surface area contributed by atoms with E-state index in [2.05, 4.69) is 15.0 Å². The second kappa shape index (κ2) is 6.24. The maximum Gasteiger partial charge on any atom is 0.166 e. The van der Waals surface area contributed by atoms with Crippen molar-refractivity contribution in [3.63, 3.8) is 0 Å². The highest BCUT2D eigenvalue weighted by atomic mass is 16.5. The van der Waals surface area contributed by atoms with Gasteiger partial charge in [-0.15, -0.1) is 0 Å². The number of nitrogens with zero attached hydrogens (tertiary/aromatic N) is 3. The average Bonchev–Trinajstić information content (AvgIpc) is 2.38. The molecule has 2 N–H and O–H groups in total. The molecule has 2 aromatic rings. The van der Waals surface area contributed by atoms with Crippen LogP contribution in [0.25, 0.3) is 0 Å². The molecule has 5 nitrogen and oxygen atoms in total. The molecule has 0 radical (unpaired) electrons. The van der Waals surface area contributed by atoms with Gasteiger partial charge in [0.15, 0.2) is 5.82 Å². The second-order valence-electron chi connectivity index (χ2n) is 4.53. The smallest absolute Gasteiger partial charge is 0.166 e. The molecule has 0 bridgehead atoms. The van der Waals surface area contributed by atoms with Crippen LogP contribution in [0.2, 0.25) is 0 Å². The highest BCUT2D eigenvalue weighted by molar-refractivity contribution is 5.30. The summed E-state index contributed by atoms with van der Waals surface area (Å²) in [4.78, 5) is 12.7. The van der Waals surface area contributed by atoms with E-state index in [0.717, 1.165) is 17.1 Å². The van der Waals surface area contributed by atoms with Crippen molar-refractivity contribution in [1.29, 1.82) is 0 Å². The third-order valence-corrected chi connectivity index (χ3v) is 2.56. The Balaban J connectivity index is 2.11. The van der Waals surface area contributed by atoms with Gasteiger partial charge in [-0.3, -0.25) is 4.98 Å². The van der Waals surface area contributed by atoms with Crippen LogP contribution in [-0.2, 0) is 13.0 Å². The standard InChI is InChI=1S/C14H18N4O/c1-10(15)8-12-13(5-4-11(2)18-12)19-9-14-16-6-3-7-17-14/h3-7,10H,8-9,15H2,1-2H3. The lowest BCUT2D eigenvalue weighted by Gasteiger charge is -2.12. The van der Waals surface area contributed by atoms with Gasteiger partial charge < -0.3 is 10.5 Å². The van der Waals surface area contributed by atoms with Crippen molar-refractivity contribution in [3.05, 3.63) is 47.8 Å². The average molecular weight is 258 g/mol. The number of aromatic nitrogens is 3. The first-order valence-corrected chi connectivity index (χ1v) is 6.26. The van der Waals surface area contributed by atoms with Crippen molar-refractivity contribution in [3.8, 4) is 5.75 Å². The van der Waals surface area contributed by atoms with E-state index in [9.17, 15) is 0 Å². The molecule has 100 valence electrons. The number of nitrogens with two attached hydrogens (primary N) is 1. The summed E-state index contributed by atoms with van der Waals surface area (Å²) in [6, 6.07) is 5.66. The van der Waals surface area contributed by atoms with Crippen molar-refractivity contribution in [2.45, 2.75) is 32.9 Å². The maximum atomic E-state index is 5.83. The molecule has 2 rings (SSSR count). The number of hydrogen-bond acceptors (Lipinski definition) is 5. The minimum atomic E-state index is 0.0459. The van der Waals surface area contributed by atoms with E-state index in [1.165, 1.54) is 0 Å². The van der Waals surface area contributed by atoms with Crippen molar-refractivity contribution >= 4 is 0 Å². The summed E-state index contributed by atoms with van der Waals surface area (Å²) in [7, 11) is 0. The lowest BCUT2D eigenvalue weighted by Crippen LogP contribution is -2.19. The molecule has 5 heteroatoms. The predicted molar refractivity (Wildman–Crippen MR) is 72.7 cm³/mol. The lowest BCUT2D eigenvalue weighted by molar-refractivity contribution is 0.290. The molecule has 0 amide bonds. The van der Waals surface area contributed by atoms with Crippen LogP contribution in [0.4, 0.5) is 0 Å². The Bertz CT molecular complexity index is 528. The fraction of sp³-hybridized carbons (Fsp3) is 0.357. The minimum absolute atomic E-state index is 0.0459. The topological polar surface area (TPSA) is 73.9 Å². The quantitative estimate of drug-likeness (QED) is 0.882. The van der Waals surface area contributed by atoms with Gasteiger partial charge in [0.05, 0.1) is 5.69 Å². The van der Waals surface area contributed by atoms with Crippen LogP contribution in [-0.4, -0.2) is 21.0 Å². The van der Waals surface area contributed by atoms with E-state index in [-0.39, 0.29) is 6.04 Å². The summed E-state index contributed by atoms with van der Waals surface area (Å²) in [5.41, 5.74) is 7.67. The zero-order chi connectivity index (χ0) is 13.7. The normalized spacial score (nSPS) is 12.2. The first-order valence-electron chi connectivity index (χ1n) is 6.26. The fourth-order valence-corrected chi connectivity index (χ4v) is 1.73. The Kier molecular flexibility index (Phi) is 4.41. The van der Waals surface area contributed by atoms with E-state index >= 15 is 0 Å². The number of pyridine rings is 1. The van der Waals surface area contributed by atoms with Crippen molar-refractivity contribution in [2.75, 3.05) is 0 Å². The van der Waals surface area contributed by atoms with Crippen LogP contribution in [0.5, 0.6) is 5.75 Å². The van der Waals surface area contributed by atoms with Crippen molar-refractivity contribution in [1.82, 2.24) is 15.0 Å². The summed E-state index contributed by atoms with van der Waals surface area (Å²) < 4.78 is 5.74. The molecule has 0 spiro atoms. The highest BCUT2D eigenvalue weighted by Crippen LogP contribution is 2.19. The third kappa shape index (κ3) is 3.99. The molecular weight excluding hydrogens is 240 g/mol. The van der Waals surface area contributed by atoms with E-state index < -0.39 is 0 Å². The summed E-state index contributed by atoms with van der Waals surface area (Å²) in [5.74, 6) is 1.39. The number of rotatable bonds is 5. The molecule has 0 saturated heterocycles. The van der Waals surface area contributed by atoms with Crippen LogP contribution in [0.3, 0.4) is 0 Å². The zero-order valence-corrected chi connectivity index (χ0v) is 11.2. The Labute approximate surface area is 112 Å². The van der Waals surface area contributed by atoms with Crippen LogP contribution in [0.15, 0.2) is 30.6 Å². The largest absolute Gasteiger partial charge is 0.484 e. The maximum absolute atomic E-state index is 5.83. The Morgan fingerprint density at radius 2 is 2.00 bits per heavy atom. The van der Waals surface area contributed by atoms with Crippen molar-refractivity contribution < 1.29 is 4.74 Å². The van der Waals surface area contributed by atoms with Gasteiger partial charge in [-0.25, -0.2) is 9.97 Å². The minimum Gasteiger partial charge on any atom is -0.484 e. The van der Waals surface area contributed by atoms with Gasteiger partial charge in [0.1, 0.15) is 12.4 Å². The van der Waals surface area contributed by atoms with Crippen LogP contribution < -0.4 is 10.5 Å². The zero-order valence-electron chi connectivity index (χ0n) is 11.2. The molecule has 1 unspecified atom stereocenters. The summed E-state index contributed by atoms with van der Waals surface area (Å²) in [6.07, 6.45) is 4.08. The molecule has 0 aliphatic heterocycles. The molecule has 1 atom stereocenters. The molecule has 19 heavy (non-hydrogen) atoms. The second-order valence-corrected chi connectivity index (χ2v) is 4.53. The molecule has 2 aromatic heterocycles. The predicted octanol–water partition coefficient (Wildman–Crippen LogP) is 1.65. The van der Waals surface area contributed by atoms with Gasteiger partial charge in [0, 0.05) is 30.6 Å². The molecule has 0 aliphatic carbocycles. The van der Waals surface area contributed by atoms with E-state index in [4.69, 9.17) is 10.5 Å². The van der Waals surface area contributed by atoms with Gasteiger partial charge >= 0.3 is 0 Å². The Morgan fingerprint density at radius 3 is 2.68 bits per heavy atom. The summed E-state index contributed by atoms with van der Waals surface area (Å²) in [5, 5.41) is 0. The van der Waals surface area contributed by atoms with Crippen molar-refractivity contribution in [2.24, 2.45) is 5.73 Å². The van der Waals surface area contributed by atoms with Crippen LogP contribution >= 0.6 is 0 Å². The van der Waals surface area contributed by atoms with Crippen LogP contribution in [0.1, 0.15) is 24.1 Å². The van der Waals surface area contributed by atoms with Gasteiger partial charge in [-0.05, 0) is 32.0 Å². The van der Waals surface area contributed by atoms with Gasteiger partial charge in [-0.2, -0.15) is 0 Å². The van der Waals surface area contributed by atoms with Crippen LogP contribution in [0, 0.1) is 6.92 Å². The SMILES string of the molecule is Cc1ccc(OCc2ncccn2)c(CC(C)N)n1. The highest BCUT2D eigenvalue weighted by Gasteiger charge is 2.09. The fourth-order valence-electron chi connectivity index (χ4n) is 1.73. The molecular formula is C14H18N4O. The Hall–Kier alpha value is -2.01. The van der Waals surface area contributed by atoms with E-state index in [1.54, 1.807) is 18.5 Å². The lowest BCUT2D eigenvalue weighted by atomic mass is 10.1. The first-order chi connectivity index (χ1) is 9.15. The number of hydrogen-bond donors (Lipinski definition) is 1. The summed E-state index contributed by atoms with van der Waals surface area (Å²) in [6.45, 7) is 4.24. The molecule has 0 aliphatic rings. The number of aryl methyl sites for hydroxylation is 1. The molecule has 2 heterocycles. The van der Waals surface area contributed by atoms with E-state index in [1.807, 2.05) is 26.0 Å². The third-order valence-electron chi connectivity index (χ3n) is 2.56. The van der Waals surface area contributed by atoms with Gasteiger partial charge in [0.2, 0.25) is 0 Å². The first kappa shape index (κ1) is 13.4. The molecule has 0 aromatic carbocycles. The van der Waals surface area contributed by atoms with Gasteiger partial charge in [0.25, 0.3) is 0 Å². The van der Waals surface area contributed by atoms with E-state index in [0.29, 0.717) is 18.9 Å². The van der Waals surface area contributed by atoms with Gasteiger partial charge in [-0.1, -0.05) is 0 Å². The molecule has 0 fully saturated rings. The molecule has 0 saturated carbocycles. The monoisotopic (exact) mass is 258 g/mol. The number of ether oxygens (including phenoxy) is 1. The summed E-state index contributed by atoms with van der Waals surface area (Å²) >= 11 is 0. The Morgan fingerprint density at radius 1 is 1.26 bits per heavy atom.